The summed E-state index contributed by atoms with van der Waals surface area (Å²) >= 11 is 1.98. The molecule has 0 spiro atoms. The van der Waals surface area contributed by atoms with Gasteiger partial charge in [-0.1, -0.05) is 12.1 Å². The lowest BCUT2D eigenvalue weighted by Crippen LogP contribution is -2.59. The number of morpholine rings is 1. The van der Waals surface area contributed by atoms with E-state index in [1.54, 1.807) is 0 Å². The van der Waals surface area contributed by atoms with Gasteiger partial charge >= 0.3 is 0 Å². The van der Waals surface area contributed by atoms with Crippen LogP contribution in [0.2, 0.25) is 0 Å². The maximum atomic E-state index is 13.0. The molecule has 0 saturated carbocycles. The number of benzene rings is 1. The first-order valence-corrected chi connectivity index (χ1v) is 10.8. The molecule has 3 heterocycles. The first kappa shape index (κ1) is 18.7. The summed E-state index contributed by atoms with van der Waals surface area (Å²) in [7, 11) is 0. The molecular weight excluding hydrogens is 358 g/mol. The molecule has 2 saturated heterocycles. The van der Waals surface area contributed by atoms with E-state index in [0.29, 0.717) is 12.1 Å². The number of fused-ring (bicyclic) bond motifs is 1. The molecular formula is C21H27N3O2S. The second-order valence-corrected chi connectivity index (χ2v) is 8.73. The summed E-state index contributed by atoms with van der Waals surface area (Å²) in [6, 6.07) is 8.13. The minimum absolute atomic E-state index is 0.0213. The van der Waals surface area contributed by atoms with Gasteiger partial charge in [0.25, 0.3) is 5.91 Å². The molecule has 0 aliphatic carbocycles. The number of rotatable bonds is 4. The summed E-state index contributed by atoms with van der Waals surface area (Å²) in [6.07, 6.45) is 1.12. The number of aryl methyl sites for hydroxylation is 2. The normalized spacial score (nSPS) is 23.6. The van der Waals surface area contributed by atoms with Crippen molar-refractivity contribution in [2.45, 2.75) is 25.8 Å². The third-order valence-corrected chi connectivity index (χ3v) is 6.99. The number of amides is 1. The highest BCUT2D eigenvalue weighted by Crippen LogP contribution is 2.33. The molecule has 6 heteroatoms. The van der Waals surface area contributed by atoms with E-state index in [-0.39, 0.29) is 11.4 Å². The fourth-order valence-electron chi connectivity index (χ4n) is 4.08. The Morgan fingerprint density at radius 1 is 1.30 bits per heavy atom. The van der Waals surface area contributed by atoms with Crippen LogP contribution >= 0.6 is 11.8 Å². The predicted molar refractivity (Wildman–Crippen MR) is 111 cm³/mol. The number of carbonyl (C=O) groups excluding carboxylic acids is 1. The van der Waals surface area contributed by atoms with Gasteiger partial charge in [0.15, 0.2) is 0 Å². The third kappa shape index (κ3) is 3.84. The van der Waals surface area contributed by atoms with E-state index < -0.39 is 0 Å². The highest BCUT2D eigenvalue weighted by atomic mass is 32.2. The Morgan fingerprint density at radius 2 is 2.11 bits per heavy atom. The van der Waals surface area contributed by atoms with Crippen molar-refractivity contribution in [3.8, 4) is 0 Å². The van der Waals surface area contributed by atoms with Crippen molar-refractivity contribution < 1.29 is 9.53 Å². The van der Waals surface area contributed by atoms with Crippen LogP contribution in [0.4, 0.5) is 0 Å². The van der Waals surface area contributed by atoms with Gasteiger partial charge in [0.2, 0.25) is 0 Å². The van der Waals surface area contributed by atoms with Gasteiger partial charge in [-0.2, -0.15) is 11.8 Å². The van der Waals surface area contributed by atoms with Crippen LogP contribution in [-0.2, 0) is 4.74 Å². The van der Waals surface area contributed by atoms with Gasteiger partial charge in [0.05, 0.1) is 30.0 Å². The van der Waals surface area contributed by atoms with E-state index in [9.17, 15) is 4.79 Å². The smallest absolute Gasteiger partial charge is 0.253 e. The summed E-state index contributed by atoms with van der Waals surface area (Å²) in [5.41, 5.74) is 3.64. The minimum Gasteiger partial charge on any atom is -0.379 e. The number of nitrogens with zero attached hydrogens (tertiary/aromatic N) is 2. The monoisotopic (exact) mass is 385 g/mol. The molecule has 2 aliphatic rings. The second kappa shape index (κ2) is 7.78. The highest BCUT2D eigenvalue weighted by molar-refractivity contribution is 7.99. The van der Waals surface area contributed by atoms with Gasteiger partial charge in [-0.05, 0) is 43.7 Å². The van der Waals surface area contributed by atoms with E-state index in [2.05, 4.69) is 34.3 Å². The lowest BCUT2D eigenvalue weighted by Gasteiger charge is -2.43. The summed E-state index contributed by atoms with van der Waals surface area (Å²) in [5, 5.41) is 4.23. The maximum absolute atomic E-state index is 13.0. The van der Waals surface area contributed by atoms with Crippen LogP contribution < -0.4 is 5.32 Å². The van der Waals surface area contributed by atoms with Gasteiger partial charge in [0.1, 0.15) is 0 Å². The largest absolute Gasteiger partial charge is 0.379 e. The summed E-state index contributed by atoms with van der Waals surface area (Å²) in [4.78, 5) is 20.1. The third-order valence-electron chi connectivity index (χ3n) is 5.75. The van der Waals surface area contributed by atoms with E-state index in [1.807, 2.05) is 30.8 Å². The Bertz CT molecular complexity index is 843. The van der Waals surface area contributed by atoms with Crippen molar-refractivity contribution in [1.29, 1.82) is 0 Å². The zero-order valence-electron chi connectivity index (χ0n) is 16.1. The van der Waals surface area contributed by atoms with Crippen molar-refractivity contribution in [2.75, 3.05) is 44.4 Å². The maximum Gasteiger partial charge on any atom is 0.253 e. The molecule has 1 N–H and O–H groups in total. The Kier molecular flexibility index (Phi) is 5.39. The van der Waals surface area contributed by atoms with E-state index in [0.717, 1.165) is 60.8 Å². The van der Waals surface area contributed by atoms with Crippen LogP contribution in [0.15, 0.2) is 24.3 Å². The predicted octanol–water partition coefficient (Wildman–Crippen LogP) is 2.79. The molecule has 2 aliphatic heterocycles. The molecule has 4 rings (SSSR count). The standard InChI is InChI=1S/C21H27N3O2S/c1-15-3-4-17-12-18(16(2)23-19(17)11-15)20(25)22-13-21(5-10-27-14-21)24-6-8-26-9-7-24/h3-4,11-12H,5-10,13-14H2,1-2H3,(H,22,25). The second-order valence-electron chi connectivity index (χ2n) is 7.63. The molecule has 2 fully saturated rings. The summed E-state index contributed by atoms with van der Waals surface area (Å²) in [6.45, 7) is 8.13. The lowest BCUT2D eigenvalue weighted by molar-refractivity contribution is -0.0129. The number of pyridine rings is 1. The number of ether oxygens (including phenoxy) is 1. The Labute approximate surface area is 164 Å². The van der Waals surface area contributed by atoms with Gasteiger partial charge < -0.3 is 10.1 Å². The van der Waals surface area contributed by atoms with Crippen molar-refractivity contribution >= 4 is 28.6 Å². The van der Waals surface area contributed by atoms with Crippen LogP contribution in [0.3, 0.4) is 0 Å². The van der Waals surface area contributed by atoms with Crippen molar-refractivity contribution in [3.05, 3.63) is 41.1 Å². The van der Waals surface area contributed by atoms with Crippen molar-refractivity contribution in [1.82, 2.24) is 15.2 Å². The van der Waals surface area contributed by atoms with E-state index >= 15 is 0 Å². The molecule has 0 radical (unpaired) electrons. The van der Waals surface area contributed by atoms with Gasteiger partial charge in [-0.25, -0.2) is 0 Å². The number of carbonyl (C=O) groups is 1. The van der Waals surface area contributed by atoms with Crippen LogP contribution in [-0.4, -0.2) is 65.7 Å². The number of aromatic nitrogens is 1. The van der Waals surface area contributed by atoms with Gasteiger partial charge in [0, 0.05) is 36.3 Å². The molecule has 144 valence electrons. The number of thioether (sulfide) groups is 1. The molecule has 1 atom stereocenters. The van der Waals surface area contributed by atoms with E-state index in [1.165, 1.54) is 5.56 Å². The lowest BCUT2D eigenvalue weighted by atomic mass is 9.95. The minimum atomic E-state index is -0.0213. The molecule has 5 nitrogen and oxygen atoms in total. The average Bonchev–Trinajstić information content (AvgIpc) is 3.16. The van der Waals surface area contributed by atoms with Crippen LogP contribution in [0.5, 0.6) is 0 Å². The fraction of sp³-hybridized carbons (Fsp3) is 0.524. The van der Waals surface area contributed by atoms with Crippen LogP contribution in [0.1, 0.15) is 28.0 Å². The van der Waals surface area contributed by atoms with Crippen molar-refractivity contribution in [3.63, 3.8) is 0 Å². The molecule has 1 aromatic heterocycles. The highest BCUT2D eigenvalue weighted by Gasteiger charge is 2.41. The average molecular weight is 386 g/mol. The Hall–Kier alpha value is -1.63. The fourth-order valence-corrected chi connectivity index (χ4v) is 5.56. The van der Waals surface area contributed by atoms with Crippen LogP contribution in [0, 0.1) is 13.8 Å². The Balaban J connectivity index is 1.52. The number of hydrogen-bond acceptors (Lipinski definition) is 5. The Morgan fingerprint density at radius 3 is 2.85 bits per heavy atom. The number of hydrogen-bond donors (Lipinski definition) is 1. The van der Waals surface area contributed by atoms with Crippen molar-refractivity contribution in [2.24, 2.45) is 0 Å². The summed E-state index contributed by atoms with van der Waals surface area (Å²) in [5.74, 6) is 2.21. The topological polar surface area (TPSA) is 54.5 Å². The quantitative estimate of drug-likeness (QED) is 0.877. The van der Waals surface area contributed by atoms with Crippen LogP contribution in [0.25, 0.3) is 10.9 Å². The number of nitrogens with one attached hydrogen (secondary N) is 1. The first-order valence-electron chi connectivity index (χ1n) is 9.64. The molecule has 1 unspecified atom stereocenters. The molecule has 1 aromatic carbocycles. The van der Waals surface area contributed by atoms with Gasteiger partial charge in [-0.15, -0.1) is 0 Å². The zero-order valence-corrected chi connectivity index (χ0v) is 16.9. The van der Waals surface area contributed by atoms with Gasteiger partial charge in [-0.3, -0.25) is 14.7 Å². The first-order chi connectivity index (χ1) is 13.1. The van der Waals surface area contributed by atoms with E-state index in [4.69, 9.17) is 4.74 Å². The molecule has 27 heavy (non-hydrogen) atoms. The SMILES string of the molecule is Cc1ccc2cc(C(=O)NCC3(N4CCOCC4)CCSC3)c(C)nc2c1. The molecule has 1 amide bonds. The molecule has 0 bridgehead atoms. The molecule has 2 aromatic rings. The summed E-state index contributed by atoms with van der Waals surface area (Å²) < 4.78 is 5.52. The zero-order chi connectivity index (χ0) is 18.9.